The van der Waals surface area contributed by atoms with E-state index in [9.17, 15) is 18.4 Å². The van der Waals surface area contributed by atoms with Gasteiger partial charge in [-0.3, -0.25) is 4.57 Å². The highest BCUT2D eigenvalue weighted by Gasteiger charge is 2.20. The topological polar surface area (TPSA) is 72.2 Å². The average Bonchev–Trinajstić information content (AvgIpc) is 2.84. The van der Waals surface area contributed by atoms with Crippen LogP contribution in [0.15, 0.2) is 58.1 Å². The average molecular weight is 486 g/mol. The number of aromatic nitrogens is 3. The van der Waals surface area contributed by atoms with Crippen LogP contribution in [0.5, 0.6) is 0 Å². The number of anilines is 3. The maximum absolute atomic E-state index is 13.6. The zero-order chi connectivity index (χ0) is 25.5. The van der Waals surface area contributed by atoms with Crippen molar-refractivity contribution in [3.8, 4) is 0 Å². The fraction of sp³-hybridized carbons (Fsp3) is 0.423. The summed E-state index contributed by atoms with van der Waals surface area (Å²) >= 11 is 0. The highest BCUT2D eigenvalue weighted by atomic mass is 19.3. The third kappa shape index (κ3) is 6.35. The zero-order valence-electron chi connectivity index (χ0n) is 20.7. The maximum Gasteiger partial charge on any atom is 0.355 e. The van der Waals surface area contributed by atoms with Crippen LogP contribution in [0.3, 0.4) is 0 Å². The molecule has 0 saturated heterocycles. The minimum atomic E-state index is -2.64. The van der Waals surface area contributed by atoms with Crippen molar-refractivity contribution >= 4 is 17.3 Å². The van der Waals surface area contributed by atoms with Gasteiger partial charge < -0.3 is 10.2 Å². The zero-order valence-corrected chi connectivity index (χ0v) is 20.7. The molecule has 0 aliphatic rings. The van der Waals surface area contributed by atoms with Crippen molar-refractivity contribution in [2.24, 2.45) is 0 Å². The van der Waals surface area contributed by atoms with Gasteiger partial charge in [0.05, 0.1) is 6.54 Å². The van der Waals surface area contributed by atoms with Gasteiger partial charge in [0.1, 0.15) is 0 Å². The maximum atomic E-state index is 13.6. The molecule has 1 heterocycles. The van der Waals surface area contributed by atoms with Crippen molar-refractivity contribution < 1.29 is 8.78 Å². The lowest BCUT2D eigenvalue weighted by molar-refractivity contribution is 0.151. The molecule has 2 aromatic carbocycles. The molecule has 0 aliphatic heterocycles. The highest BCUT2D eigenvalue weighted by molar-refractivity contribution is 5.55. The van der Waals surface area contributed by atoms with E-state index in [1.807, 2.05) is 50.2 Å². The lowest BCUT2D eigenvalue weighted by Gasteiger charge is -2.21. The first-order valence-corrected chi connectivity index (χ1v) is 11.9. The Kier molecular flexibility index (Phi) is 8.78. The quantitative estimate of drug-likeness (QED) is 0.397. The lowest BCUT2D eigenvalue weighted by Crippen LogP contribution is -2.44. The van der Waals surface area contributed by atoms with Gasteiger partial charge in [-0.1, -0.05) is 51.0 Å². The van der Waals surface area contributed by atoms with Crippen molar-refractivity contribution in [2.45, 2.75) is 58.5 Å². The Morgan fingerprint density at radius 1 is 1.06 bits per heavy atom. The van der Waals surface area contributed by atoms with Gasteiger partial charge in [0.15, 0.2) is 0 Å². The van der Waals surface area contributed by atoms with Gasteiger partial charge in [0, 0.05) is 37.1 Å². The number of nitrogens with one attached hydrogen (secondary N) is 1. The van der Waals surface area contributed by atoms with Crippen LogP contribution in [-0.4, -0.2) is 28.2 Å². The van der Waals surface area contributed by atoms with Crippen LogP contribution in [0, 0.1) is 0 Å². The number of hydrogen-bond acceptors (Lipinski definition) is 5. The van der Waals surface area contributed by atoms with E-state index in [2.05, 4.69) is 17.2 Å². The molecule has 3 aromatic rings. The summed E-state index contributed by atoms with van der Waals surface area (Å²) in [5.41, 5.74) is 0.887. The van der Waals surface area contributed by atoms with Crippen LogP contribution in [0.1, 0.15) is 63.1 Å². The van der Waals surface area contributed by atoms with E-state index >= 15 is 0 Å². The summed E-state index contributed by atoms with van der Waals surface area (Å²) in [4.78, 5) is 32.8. The Balaban J connectivity index is 2.10. The van der Waals surface area contributed by atoms with Crippen molar-refractivity contribution in [1.82, 2.24) is 14.1 Å². The predicted molar refractivity (Wildman–Crippen MR) is 136 cm³/mol. The second-order valence-corrected chi connectivity index (χ2v) is 8.77. The second-order valence-electron chi connectivity index (χ2n) is 8.77. The Morgan fingerprint density at radius 2 is 1.77 bits per heavy atom. The van der Waals surface area contributed by atoms with E-state index < -0.39 is 17.8 Å². The van der Waals surface area contributed by atoms with Gasteiger partial charge in [-0.25, -0.2) is 22.9 Å². The van der Waals surface area contributed by atoms with Crippen molar-refractivity contribution in [2.75, 3.05) is 24.3 Å². The van der Waals surface area contributed by atoms with Crippen LogP contribution in [-0.2, 0) is 6.54 Å². The summed E-state index contributed by atoms with van der Waals surface area (Å²) in [7, 11) is 3.88. The molecule has 188 valence electrons. The standard InChI is InChI=1S/C26H33F2N5O2/c1-5-7-11-21(6-2)33-25(34)30-24(29-20-10-8-9-19(16-20)23(27)28)32(26(33)35)17-18-12-14-22(15-13-18)31(3)4/h8-10,12-16,21,23H,5-7,11,17H2,1-4H3,(H,29,30,34). The second kappa shape index (κ2) is 11.8. The lowest BCUT2D eigenvalue weighted by atomic mass is 10.1. The molecule has 0 amide bonds. The molecule has 0 aliphatic carbocycles. The van der Waals surface area contributed by atoms with Gasteiger partial charge in [-0.05, 0) is 42.7 Å². The Hall–Kier alpha value is -3.49. The fourth-order valence-electron chi connectivity index (χ4n) is 3.98. The van der Waals surface area contributed by atoms with Gasteiger partial charge in [-0.15, -0.1) is 0 Å². The SMILES string of the molecule is CCCCC(CC)n1c(=O)nc(Nc2cccc(C(F)F)c2)n(Cc2ccc(N(C)C)cc2)c1=O. The third-order valence-corrected chi connectivity index (χ3v) is 6.02. The predicted octanol–water partition coefficient (Wildman–Crippen LogP) is 5.34. The van der Waals surface area contributed by atoms with E-state index in [1.165, 1.54) is 27.3 Å². The van der Waals surface area contributed by atoms with E-state index in [-0.39, 0.29) is 24.1 Å². The van der Waals surface area contributed by atoms with Crippen molar-refractivity contribution in [3.63, 3.8) is 0 Å². The fourth-order valence-corrected chi connectivity index (χ4v) is 3.98. The molecule has 0 bridgehead atoms. The normalized spacial score (nSPS) is 12.1. The number of alkyl halides is 2. The summed E-state index contributed by atoms with van der Waals surface area (Å²) in [6.45, 7) is 4.17. The first-order valence-electron chi connectivity index (χ1n) is 11.9. The number of benzene rings is 2. The van der Waals surface area contributed by atoms with Crippen molar-refractivity contribution in [1.29, 1.82) is 0 Å². The third-order valence-electron chi connectivity index (χ3n) is 6.02. The molecule has 0 saturated carbocycles. The first kappa shape index (κ1) is 26.1. The smallest absolute Gasteiger partial charge is 0.355 e. The van der Waals surface area contributed by atoms with Crippen molar-refractivity contribution in [3.05, 3.63) is 80.6 Å². The molecule has 0 radical (unpaired) electrons. The Labute approximate surface area is 204 Å². The molecule has 7 nitrogen and oxygen atoms in total. The van der Waals surface area contributed by atoms with Gasteiger partial charge in [0.25, 0.3) is 6.43 Å². The van der Waals surface area contributed by atoms with E-state index in [0.717, 1.165) is 24.1 Å². The van der Waals surface area contributed by atoms with Crippen LogP contribution < -0.4 is 21.6 Å². The Bertz CT molecular complexity index is 1240. The largest absolute Gasteiger partial charge is 0.378 e. The summed E-state index contributed by atoms with van der Waals surface area (Å²) in [5, 5.41) is 2.92. The minimum Gasteiger partial charge on any atom is -0.378 e. The molecule has 35 heavy (non-hydrogen) atoms. The molecule has 0 fully saturated rings. The molecule has 1 aromatic heterocycles. The molecule has 1 unspecified atom stereocenters. The summed E-state index contributed by atoms with van der Waals surface area (Å²) < 4.78 is 29.0. The van der Waals surface area contributed by atoms with Crippen LogP contribution >= 0.6 is 0 Å². The number of halogens is 2. The van der Waals surface area contributed by atoms with Gasteiger partial charge >= 0.3 is 11.4 Å². The summed E-state index contributed by atoms with van der Waals surface area (Å²) in [6, 6.07) is 13.1. The van der Waals surface area contributed by atoms with Crippen LogP contribution in [0.25, 0.3) is 0 Å². The molecular weight excluding hydrogens is 452 g/mol. The monoisotopic (exact) mass is 485 g/mol. The summed E-state index contributed by atoms with van der Waals surface area (Å²) in [6.07, 6.45) is 0.517. The molecule has 1 N–H and O–H groups in total. The molecule has 1 atom stereocenters. The molecule has 0 spiro atoms. The molecule has 3 rings (SSSR count). The van der Waals surface area contributed by atoms with E-state index in [4.69, 9.17) is 0 Å². The van der Waals surface area contributed by atoms with Crippen LogP contribution in [0.2, 0.25) is 0 Å². The van der Waals surface area contributed by atoms with Gasteiger partial charge in [0.2, 0.25) is 5.95 Å². The number of nitrogens with zero attached hydrogens (tertiary/aromatic N) is 4. The first-order chi connectivity index (χ1) is 16.7. The minimum absolute atomic E-state index is 0.0182. The summed E-state index contributed by atoms with van der Waals surface area (Å²) in [5.74, 6) is 0.0182. The molecule has 9 heteroatoms. The number of hydrogen-bond donors (Lipinski definition) is 1. The number of rotatable bonds is 11. The van der Waals surface area contributed by atoms with Gasteiger partial charge in [-0.2, -0.15) is 4.98 Å². The highest BCUT2D eigenvalue weighted by Crippen LogP contribution is 2.24. The van der Waals surface area contributed by atoms with E-state index in [0.29, 0.717) is 18.5 Å². The number of unbranched alkanes of at least 4 members (excludes halogenated alkanes) is 1. The Morgan fingerprint density at radius 3 is 2.37 bits per heavy atom. The van der Waals surface area contributed by atoms with Crippen LogP contribution in [0.4, 0.5) is 26.1 Å². The van der Waals surface area contributed by atoms with E-state index in [1.54, 1.807) is 6.07 Å². The molecular formula is C26H33F2N5O2.